The summed E-state index contributed by atoms with van der Waals surface area (Å²) >= 11 is 0. The van der Waals surface area contributed by atoms with Crippen molar-refractivity contribution in [1.29, 1.82) is 0 Å². The molecule has 0 aliphatic rings. The molecule has 0 unspecified atom stereocenters. The largest absolute Gasteiger partial charge is 0.326 e. The fraction of sp³-hybridized carbons (Fsp3) is 0.0526. The zero-order valence-electron chi connectivity index (χ0n) is 13.6. The molecular weight excluding hydrogens is 333 g/mol. The molecule has 0 saturated heterocycles. The maximum Gasteiger partial charge on any atom is 0.228 e. The summed E-state index contributed by atoms with van der Waals surface area (Å²) in [6.45, 7) is 0. The van der Waals surface area contributed by atoms with E-state index in [2.05, 4.69) is 20.6 Å². The van der Waals surface area contributed by atoms with Crippen LogP contribution in [0.15, 0.2) is 67.0 Å². The van der Waals surface area contributed by atoms with Crippen LogP contribution in [0.4, 0.5) is 10.1 Å². The summed E-state index contributed by atoms with van der Waals surface area (Å²) in [5, 5.41) is 15.0. The van der Waals surface area contributed by atoms with Gasteiger partial charge in [0.1, 0.15) is 12.1 Å². The van der Waals surface area contributed by atoms with E-state index in [1.807, 2.05) is 36.4 Å². The number of carbonyl (C=O) groups is 1. The van der Waals surface area contributed by atoms with Crippen molar-refractivity contribution < 1.29 is 9.18 Å². The van der Waals surface area contributed by atoms with Gasteiger partial charge in [-0.1, -0.05) is 24.3 Å². The van der Waals surface area contributed by atoms with Gasteiger partial charge in [0.05, 0.1) is 12.1 Å². The Morgan fingerprint density at radius 2 is 1.77 bits per heavy atom. The van der Waals surface area contributed by atoms with E-state index < -0.39 is 0 Å². The molecule has 0 aliphatic carbocycles. The number of fused-ring (bicyclic) bond motifs is 1. The summed E-state index contributed by atoms with van der Waals surface area (Å²) in [5.41, 5.74) is 3.82. The molecule has 0 atom stereocenters. The Morgan fingerprint density at radius 1 is 1.00 bits per heavy atom. The number of nitrogens with one attached hydrogen (secondary N) is 1. The zero-order chi connectivity index (χ0) is 17.9. The average molecular weight is 347 g/mol. The van der Waals surface area contributed by atoms with E-state index in [0.29, 0.717) is 11.3 Å². The van der Waals surface area contributed by atoms with Crippen molar-refractivity contribution in [1.82, 2.24) is 19.8 Å². The molecule has 128 valence electrons. The standard InChI is InChI=1S/C19H14FN5O/c20-15-5-1-13(2-6-15)11-19(26)22-16-7-3-14(4-8-16)17-9-10-18-23-21-12-25(18)24-17/h1-10,12H,11H2,(H,22,26). The average Bonchev–Trinajstić information content (AvgIpc) is 3.12. The second-order valence-electron chi connectivity index (χ2n) is 5.78. The van der Waals surface area contributed by atoms with Crippen LogP contribution in [0.25, 0.3) is 16.9 Å². The number of anilines is 1. The van der Waals surface area contributed by atoms with E-state index in [9.17, 15) is 9.18 Å². The number of halogens is 1. The highest BCUT2D eigenvalue weighted by Crippen LogP contribution is 2.20. The van der Waals surface area contributed by atoms with Crippen LogP contribution < -0.4 is 5.32 Å². The Morgan fingerprint density at radius 3 is 2.54 bits per heavy atom. The molecule has 7 heteroatoms. The molecule has 0 fully saturated rings. The Hall–Kier alpha value is -3.61. The second-order valence-corrected chi connectivity index (χ2v) is 5.78. The van der Waals surface area contributed by atoms with Crippen molar-refractivity contribution in [3.8, 4) is 11.3 Å². The van der Waals surface area contributed by atoms with Gasteiger partial charge < -0.3 is 5.32 Å². The highest BCUT2D eigenvalue weighted by atomic mass is 19.1. The van der Waals surface area contributed by atoms with Gasteiger partial charge in [-0.2, -0.15) is 9.61 Å². The van der Waals surface area contributed by atoms with Crippen LogP contribution in [-0.4, -0.2) is 25.7 Å². The first kappa shape index (κ1) is 15.9. The number of carbonyl (C=O) groups excluding carboxylic acids is 1. The molecule has 4 rings (SSSR count). The van der Waals surface area contributed by atoms with Crippen molar-refractivity contribution in [2.45, 2.75) is 6.42 Å². The van der Waals surface area contributed by atoms with Gasteiger partial charge in [-0.05, 0) is 42.0 Å². The molecule has 1 N–H and O–H groups in total. The van der Waals surface area contributed by atoms with Crippen molar-refractivity contribution >= 4 is 17.2 Å². The minimum absolute atomic E-state index is 0.159. The fourth-order valence-electron chi connectivity index (χ4n) is 2.60. The molecule has 0 saturated carbocycles. The first-order valence-corrected chi connectivity index (χ1v) is 7.99. The lowest BCUT2D eigenvalue weighted by Gasteiger charge is -2.07. The number of rotatable bonds is 4. The van der Waals surface area contributed by atoms with Gasteiger partial charge in [0.2, 0.25) is 5.91 Å². The number of benzene rings is 2. The Labute approximate surface area is 148 Å². The van der Waals surface area contributed by atoms with Crippen molar-refractivity contribution in [2.75, 3.05) is 5.32 Å². The van der Waals surface area contributed by atoms with Gasteiger partial charge in [0.15, 0.2) is 5.65 Å². The normalized spacial score (nSPS) is 10.8. The third kappa shape index (κ3) is 3.41. The predicted octanol–water partition coefficient (Wildman–Crippen LogP) is 3.11. The minimum Gasteiger partial charge on any atom is -0.326 e. The molecule has 4 aromatic rings. The fourth-order valence-corrected chi connectivity index (χ4v) is 2.60. The van der Waals surface area contributed by atoms with Crippen LogP contribution in [0.1, 0.15) is 5.56 Å². The summed E-state index contributed by atoms with van der Waals surface area (Å²) < 4.78 is 14.5. The molecule has 0 aliphatic heterocycles. The van der Waals surface area contributed by atoms with Gasteiger partial charge in [0, 0.05) is 11.3 Å². The molecule has 0 radical (unpaired) electrons. The molecule has 2 aromatic carbocycles. The zero-order valence-corrected chi connectivity index (χ0v) is 13.6. The van der Waals surface area contributed by atoms with Crippen LogP contribution in [0.2, 0.25) is 0 Å². The van der Waals surface area contributed by atoms with Crippen LogP contribution in [0.5, 0.6) is 0 Å². The van der Waals surface area contributed by atoms with Gasteiger partial charge in [-0.3, -0.25) is 4.79 Å². The van der Waals surface area contributed by atoms with Crippen molar-refractivity contribution in [3.63, 3.8) is 0 Å². The summed E-state index contributed by atoms with van der Waals surface area (Å²) in [6.07, 6.45) is 1.73. The first-order valence-electron chi connectivity index (χ1n) is 7.99. The molecular formula is C19H14FN5O. The summed E-state index contributed by atoms with van der Waals surface area (Å²) in [5.74, 6) is -0.476. The number of hydrogen-bond donors (Lipinski definition) is 1. The number of aromatic nitrogens is 4. The molecule has 0 spiro atoms. The molecule has 26 heavy (non-hydrogen) atoms. The topological polar surface area (TPSA) is 72.2 Å². The SMILES string of the molecule is O=C(Cc1ccc(F)cc1)Nc1ccc(-c2ccc3nncn3n2)cc1. The van der Waals surface area contributed by atoms with Gasteiger partial charge >= 0.3 is 0 Å². The van der Waals surface area contributed by atoms with E-state index in [1.165, 1.54) is 12.1 Å². The monoisotopic (exact) mass is 347 g/mol. The third-order valence-electron chi connectivity index (χ3n) is 3.90. The lowest BCUT2D eigenvalue weighted by Crippen LogP contribution is -2.14. The van der Waals surface area contributed by atoms with Crippen LogP contribution in [0, 0.1) is 5.82 Å². The highest BCUT2D eigenvalue weighted by molar-refractivity contribution is 5.92. The van der Waals surface area contributed by atoms with E-state index in [-0.39, 0.29) is 18.1 Å². The van der Waals surface area contributed by atoms with Gasteiger partial charge in [-0.25, -0.2) is 4.39 Å². The lowest BCUT2D eigenvalue weighted by molar-refractivity contribution is -0.115. The van der Waals surface area contributed by atoms with Gasteiger partial charge in [-0.15, -0.1) is 10.2 Å². The van der Waals surface area contributed by atoms with E-state index in [1.54, 1.807) is 23.0 Å². The van der Waals surface area contributed by atoms with Crippen LogP contribution >= 0.6 is 0 Å². The smallest absolute Gasteiger partial charge is 0.228 e. The maximum absolute atomic E-state index is 12.9. The van der Waals surface area contributed by atoms with Crippen molar-refractivity contribution in [2.24, 2.45) is 0 Å². The van der Waals surface area contributed by atoms with E-state index >= 15 is 0 Å². The molecule has 2 aromatic heterocycles. The summed E-state index contributed by atoms with van der Waals surface area (Å²) in [4.78, 5) is 12.1. The summed E-state index contributed by atoms with van der Waals surface area (Å²) in [7, 11) is 0. The Balaban J connectivity index is 1.45. The van der Waals surface area contributed by atoms with E-state index in [4.69, 9.17) is 0 Å². The molecule has 6 nitrogen and oxygen atoms in total. The molecule has 1 amide bonds. The number of nitrogens with zero attached hydrogens (tertiary/aromatic N) is 4. The van der Waals surface area contributed by atoms with Crippen LogP contribution in [0.3, 0.4) is 0 Å². The maximum atomic E-state index is 12.9. The molecule has 0 bridgehead atoms. The van der Waals surface area contributed by atoms with Crippen LogP contribution in [-0.2, 0) is 11.2 Å². The number of amides is 1. The summed E-state index contributed by atoms with van der Waals surface area (Å²) in [6, 6.07) is 17.0. The second kappa shape index (κ2) is 6.72. The first-order chi connectivity index (χ1) is 12.7. The lowest BCUT2D eigenvalue weighted by atomic mass is 10.1. The predicted molar refractivity (Wildman–Crippen MR) is 95.0 cm³/mol. The third-order valence-corrected chi connectivity index (χ3v) is 3.90. The molecule has 2 heterocycles. The quantitative estimate of drug-likeness (QED) is 0.616. The van der Waals surface area contributed by atoms with Crippen molar-refractivity contribution in [3.05, 3.63) is 78.4 Å². The van der Waals surface area contributed by atoms with Gasteiger partial charge in [0.25, 0.3) is 0 Å². The Kier molecular flexibility index (Phi) is 4.10. The highest BCUT2D eigenvalue weighted by Gasteiger charge is 2.06. The van der Waals surface area contributed by atoms with E-state index in [0.717, 1.165) is 16.8 Å². The number of hydrogen-bond acceptors (Lipinski definition) is 4. The minimum atomic E-state index is -0.317. The Bertz CT molecular complexity index is 1060.